The molecular formula is C23H24N8O4S. The van der Waals surface area contributed by atoms with Crippen molar-refractivity contribution in [1.29, 1.82) is 10.5 Å². The molecule has 0 aliphatic carbocycles. The molecule has 0 radical (unpaired) electrons. The Morgan fingerprint density at radius 2 is 2.03 bits per heavy atom. The molecule has 4 N–H and O–H groups in total. The second-order valence-corrected chi connectivity index (χ2v) is 8.66. The summed E-state index contributed by atoms with van der Waals surface area (Å²) < 4.78 is 1.78. The standard InChI is InChI=1S/C23H24N8O4S/c1-2-31-22(35)18(36-23(31)17(11-25)21(34)27-7-6-24)12-28-15-4-3-5-16(10-15)29-20(33)14-30-9-8-26-19(32)13-30/h3-5,10,12,28H,2,7-9,13-14H2,1H3,(H,26,32)(H,27,34)(H,29,33). The quantitative estimate of drug-likeness (QED) is 0.311. The van der Waals surface area contributed by atoms with Crippen LogP contribution in [-0.4, -0.2) is 59.9 Å². The largest absolute Gasteiger partial charge is 0.360 e. The van der Waals surface area contributed by atoms with Gasteiger partial charge in [-0.2, -0.15) is 10.5 Å². The Bertz CT molecular complexity index is 1430. The van der Waals surface area contributed by atoms with Crippen molar-refractivity contribution in [1.82, 2.24) is 20.1 Å². The van der Waals surface area contributed by atoms with Crippen LogP contribution in [0.25, 0.3) is 11.8 Å². The molecule has 12 nitrogen and oxygen atoms in total. The van der Waals surface area contributed by atoms with Gasteiger partial charge >= 0.3 is 0 Å². The average Bonchev–Trinajstić information content (AvgIpc) is 3.16. The number of rotatable bonds is 8. The van der Waals surface area contributed by atoms with E-state index < -0.39 is 5.91 Å². The van der Waals surface area contributed by atoms with Gasteiger partial charge in [0.05, 0.1) is 19.2 Å². The highest BCUT2D eigenvalue weighted by molar-refractivity contribution is 7.07. The zero-order valence-corrected chi connectivity index (χ0v) is 20.3. The molecule has 0 spiro atoms. The molecule has 1 aromatic carbocycles. The van der Waals surface area contributed by atoms with E-state index in [1.807, 2.05) is 6.07 Å². The molecule has 1 fully saturated rings. The highest BCUT2D eigenvalue weighted by Gasteiger charge is 2.18. The zero-order valence-electron chi connectivity index (χ0n) is 19.5. The maximum Gasteiger partial charge on any atom is 0.270 e. The number of carbonyl (C=O) groups excluding carboxylic acids is 3. The third-order valence-corrected chi connectivity index (χ3v) is 6.24. The molecule has 2 heterocycles. The van der Waals surface area contributed by atoms with Gasteiger partial charge in [-0.1, -0.05) is 6.07 Å². The van der Waals surface area contributed by atoms with Crippen LogP contribution >= 0.6 is 11.3 Å². The van der Waals surface area contributed by atoms with E-state index in [0.717, 1.165) is 11.3 Å². The van der Waals surface area contributed by atoms with Crippen molar-refractivity contribution in [3.8, 4) is 12.1 Å². The van der Waals surface area contributed by atoms with Crippen LogP contribution in [0.4, 0.5) is 11.4 Å². The van der Waals surface area contributed by atoms with Gasteiger partial charge in [-0.25, -0.2) is 0 Å². The number of aromatic nitrogens is 1. The number of carbonyl (C=O) groups is 3. The molecule has 1 aliphatic heterocycles. The summed E-state index contributed by atoms with van der Waals surface area (Å²) in [6, 6.07) is 10.5. The molecule has 13 heteroatoms. The van der Waals surface area contributed by atoms with Crippen LogP contribution in [0.3, 0.4) is 0 Å². The molecule has 3 rings (SSSR count). The summed E-state index contributed by atoms with van der Waals surface area (Å²) in [5, 5.41) is 29.0. The molecule has 3 amide bonds. The Kier molecular flexibility index (Phi) is 8.94. The molecule has 1 aliphatic rings. The lowest BCUT2D eigenvalue weighted by Crippen LogP contribution is -2.49. The van der Waals surface area contributed by atoms with E-state index in [1.54, 1.807) is 42.2 Å². The van der Waals surface area contributed by atoms with Crippen molar-refractivity contribution >= 4 is 52.2 Å². The Morgan fingerprint density at radius 3 is 2.72 bits per heavy atom. The van der Waals surface area contributed by atoms with Crippen molar-refractivity contribution in [2.75, 3.05) is 43.4 Å². The highest BCUT2D eigenvalue weighted by atomic mass is 32.1. The zero-order chi connectivity index (χ0) is 26.1. The first-order valence-corrected chi connectivity index (χ1v) is 11.8. The van der Waals surface area contributed by atoms with Gasteiger partial charge < -0.3 is 21.3 Å². The predicted molar refractivity (Wildman–Crippen MR) is 134 cm³/mol. The number of piperazine rings is 1. The normalized spacial score (nSPS) is 14.8. The first kappa shape index (κ1) is 26.2. The summed E-state index contributed by atoms with van der Waals surface area (Å²) in [6.45, 7) is 3.07. The number of nitrogens with one attached hydrogen (secondary N) is 4. The van der Waals surface area contributed by atoms with Crippen LogP contribution < -0.4 is 36.0 Å². The van der Waals surface area contributed by atoms with Crippen LogP contribution in [0.15, 0.2) is 29.1 Å². The van der Waals surface area contributed by atoms with Crippen LogP contribution in [0.5, 0.6) is 0 Å². The Balaban J connectivity index is 1.79. The third kappa shape index (κ3) is 6.56. The minimum atomic E-state index is -0.726. The van der Waals surface area contributed by atoms with E-state index in [9.17, 15) is 24.4 Å². The number of hydrogen-bond donors (Lipinski definition) is 4. The second-order valence-electron chi connectivity index (χ2n) is 7.63. The first-order chi connectivity index (χ1) is 17.4. The van der Waals surface area contributed by atoms with E-state index in [2.05, 4.69) is 21.3 Å². The van der Waals surface area contributed by atoms with Gasteiger partial charge in [0.25, 0.3) is 11.5 Å². The molecular weight excluding hydrogens is 484 g/mol. The molecule has 36 heavy (non-hydrogen) atoms. The molecule has 0 saturated carbocycles. The number of anilines is 2. The molecule has 1 aromatic heterocycles. The summed E-state index contributed by atoms with van der Waals surface area (Å²) in [7, 11) is 0. The first-order valence-electron chi connectivity index (χ1n) is 11.0. The fourth-order valence-corrected chi connectivity index (χ4v) is 4.55. The smallest absolute Gasteiger partial charge is 0.270 e. The average molecular weight is 509 g/mol. The second kappa shape index (κ2) is 12.3. The van der Waals surface area contributed by atoms with Gasteiger partial charge in [0.15, 0.2) is 5.57 Å². The van der Waals surface area contributed by atoms with Gasteiger partial charge in [-0.3, -0.25) is 28.6 Å². The van der Waals surface area contributed by atoms with Gasteiger partial charge in [0.2, 0.25) is 11.8 Å². The number of nitrogens with zero attached hydrogens (tertiary/aromatic N) is 4. The Morgan fingerprint density at radius 1 is 1.25 bits per heavy atom. The van der Waals surface area contributed by atoms with Crippen molar-refractivity contribution in [3.05, 3.63) is 43.8 Å². The number of nitriles is 2. The van der Waals surface area contributed by atoms with Gasteiger partial charge in [-0.15, -0.1) is 11.3 Å². The van der Waals surface area contributed by atoms with Gasteiger partial charge in [0.1, 0.15) is 21.8 Å². The fraction of sp³-hybridized carbons (Fsp3) is 0.304. The topological polar surface area (TPSA) is 172 Å². The predicted octanol–water partition coefficient (Wildman–Crippen LogP) is -1.54. The van der Waals surface area contributed by atoms with E-state index in [4.69, 9.17) is 5.26 Å². The van der Waals surface area contributed by atoms with Gasteiger partial charge in [-0.05, 0) is 25.1 Å². The molecule has 1 saturated heterocycles. The van der Waals surface area contributed by atoms with E-state index in [-0.39, 0.29) is 58.3 Å². The Hall–Kier alpha value is -4.46. The van der Waals surface area contributed by atoms with Crippen LogP contribution in [0.2, 0.25) is 0 Å². The summed E-state index contributed by atoms with van der Waals surface area (Å²) in [4.78, 5) is 50.7. The lowest BCUT2D eigenvalue weighted by molar-refractivity contribution is -0.125. The van der Waals surface area contributed by atoms with Crippen LogP contribution in [0, 0.1) is 22.7 Å². The summed E-state index contributed by atoms with van der Waals surface area (Å²) in [6.07, 6.45) is 1.47. The maximum absolute atomic E-state index is 12.8. The third-order valence-electron chi connectivity index (χ3n) is 5.11. The molecule has 186 valence electrons. The van der Waals surface area contributed by atoms with E-state index >= 15 is 0 Å². The molecule has 2 aromatic rings. The summed E-state index contributed by atoms with van der Waals surface area (Å²) in [5.41, 5.74) is 0.511. The fourth-order valence-electron chi connectivity index (χ4n) is 3.46. The van der Waals surface area contributed by atoms with Crippen molar-refractivity contribution < 1.29 is 14.4 Å². The van der Waals surface area contributed by atoms with E-state index in [0.29, 0.717) is 24.5 Å². The molecule has 0 bridgehead atoms. The van der Waals surface area contributed by atoms with Crippen molar-refractivity contribution in [3.63, 3.8) is 0 Å². The van der Waals surface area contributed by atoms with Crippen LogP contribution in [0.1, 0.15) is 6.92 Å². The lowest BCUT2D eigenvalue weighted by atomic mass is 10.2. The number of benzene rings is 1. The van der Waals surface area contributed by atoms with Crippen molar-refractivity contribution in [2.45, 2.75) is 13.5 Å². The lowest BCUT2D eigenvalue weighted by Gasteiger charge is -2.25. The van der Waals surface area contributed by atoms with Crippen molar-refractivity contribution in [2.24, 2.45) is 0 Å². The number of amides is 3. The SMILES string of the molecule is CCn1c(=C(C#N)C(=O)NCC#N)sc(=CNc2cccc(NC(=O)CN3CCNC(=O)C3)c2)c1=O. The number of hydrogen-bond acceptors (Lipinski definition) is 9. The minimum Gasteiger partial charge on any atom is -0.360 e. The molecule has 0 unspecified atom stereocenters. The summed E-state index contributed by atoms with van der Waals surface area (Å²) >= 11 is 0.980. The minimum absolute atomic E-state index is 0.0887. The Labute approximate surface area is 210 Å². The maximum atomic E-state index is 12.8. The highest BCUT2D eigenvalue weighted by Crippen LogP contribution is 2.15. The molecule has 0 atom stereocenters. The van der Waals surface area contributed by atoms with Crippen LogP contribution in [-0.2, 0) is 20.9 Å². The monoisotopic (exact) mass is 508 g/mol. The van der Waals surface area contributed by atoms with Gasteiger partial charge in [0, 0.05) is 37.2 Å². The van der Waals surface area contributed by atoms with E-state index in [1.165, 1.54) is 10.8 Å². The number of thiazole rings is 1. The summed E-state index contributed by atoms with van der Waals surface area (Å²) in [5.74, 6) is -1.10.